The van der Waals surface area contributed by atoms with Gasteiger partial charge in [-0.3, -0.25) is 4.79 Å². The van der Waals surface area contributed by atoms with Gasteiger partial charge >= 0.3 is 0 Å². The Kier molecular flexibility index (Phi) is 8.83. The van der Waals surface area contributed by atoms with Crippen molar-refractivity contribution in [3.8, 4) is 0 Å². The molecule has 0 aromatic carbocycles. The molecule has 0 atom stereocenters. The molecule has 2 heteroatoms. The standard InChI is InChI=1S/C9H16O2/c10-8-6-4-2-1-3-5-7-9-11/h4,6,8,11H,1-3,5,7,9H2/b6-4+. The van der Waals surface area contributed by atoms with Gasteiger partial charge in [0.15, 0.2) is 0 Å². The fourth-order valence-corrected chi connectivity index (χ4v) is 0.879. The number of aliphatic hydroxyl groups excluding tert-OH is 1. The summed E-state index contributed by atoms with van der Waals surface area (Å²) in [5.41, 5.74) is 0. The Hall–Kier alpha value is -0.630. The molecule has 11 heavy (non-hydrogen) atoms. The largest absolute Gasteiger partial charge is 0.396 e. The van der Waals surface area contributed by atoms with E-state index in [2.05, 4.69) is 0 Å². The third kappa shape index (κ3) is 9.37. The number of aliphatic hydroxyl groups is 1. The van der Waals surface area contributed by atoms with E-state index in [4.69, 9.17) is 5.11 Å². The minimum absolute atomic E-state index is 0.296. The predicted molar refractivity (Wildman–Crippen MR) is 45.4 cm³/mol. The molecule has 64 valence electrons. The van der Waals surface area contributed by atoms with Crippen LogP contribution in [0.1, 0.15) is 32.1 Å². The summed E-state index contributed by atoms with van der Waals surface area (Å²) in [5.74, 6) is 0. The highest BCUT2D eigenvalue weighted by Gasteiger charge is 1.85. The number of carbonyl (C=O) groups excluding carboxylic acids is 1. The highest BCUT2D eigenvalue weighted by Crippen LogP contribution is 2.02. The molecule has 0 rings (SSSR count). The Bertz CT molecular complexity index is 108. The average molecular weight is 156 g/mol. The maximum absolute atomic E-state index is 9.82. The van der Waals surface area contributed by atoms with E-state index >= 15 is 0 Å². The monoisotopic (exact) mass is 156 g/mol. The summed E-state index contributed by atoms with van der Waals surface area (Å²) in [5, 5.41) is 8.45. The van der Waals surface area contributed by atoms with Crippen LogP contribution < -0.4 is 0 Å². The number of hydrogen-bond donors (Lipinski definition) is 1. The van der Waals surface area contributed by atoms with Crippen LogP contribution in [-0.2, 0) is 4.79 Å². The number of allylic oxidation sites excluding steroid dienone is 2. The van der Waals surface area contributed by atoms with Gasteiger partial charge in [0.05, 0.1) is 0 Å². The van der Waals surface area contributed by atoms with Gasteiger partial charge in [0, 0.05) is 6.61 Å². The molecular weight excluding hydrogens is 140 g/mol. The molecule has 0 saturated heterocycles. The summed E-state index contributed by atoms with van der Waals surface area (Å²) in [6, 6.07) is 0. The second-order valence-electron chi connectivity index (χ2n) is 2.49. The number of unbranched alkanes of at least 4 members (excludes halogenated alkanes) is 4. The van der Waals surface area contributed by atoms with Crippen molar-refractivity contribution < 1.29 is 9.90 Å². The highest BCUT2D eigenvalue weighted by atomic mass is 16.2. The van der Waals surface area contributed by atoms with Gasteiger partial charge in [0.2, 0.25) is 0 Å². The van der Waals surface area contributed by atoms with E-state index in [1.54, 1.807) is 0 Å². The highest BCUT2D eigenvalue weighted by molar-refractivity contribution is 5.64. The summed E-state index contributed by atoms with van der Waals surface area (Å²) in [4.78, 5) is 9.82. The lowest BCUT2D eigenvalue weighted by molar-refractivity contribution is -0.104. The summed E-state index contributed by atoms with van der Waals surface area (Å²) in [6.07, 6.45) is 9.44. The van der Waals surface area contributed by atoms with E-state index in [0.717, 1.165) is 38.4 Å². The molecule has 0 radical (unpaired) electrons. The van der Waals surface area contributed by atoms with Gasteiger partial charge in [-0.1, -0.05) is 18.9 Å². The molecule has 0 aliphatic heterocycles. The van der Waals surface area contributed by atoms with E-state index in [9.17, 15) is 4.79 Å². The van der Waals surface area contributed by atoms with Crippen LogP contribution in [0.3, 0.4) is 0 Å². The van der Waals surface area contributed by atoms with E-state index in [1.165, 1.54) is 6.08 Å². The molecular formula is C9H16O2. The third-order valence-electron chi connectivity index (χ3n) is 1.49. The summed E-state index contributed by atoms with van der Waals surface area (Å²) in [7, 11) is 0. The minimum Gasteiger partial charge on any atom is -0.396 e. The maximum atomic E-state index is 9.82. The average Bonchev–Trinajstić information content (AvgIpc) is 2.03. The predicted octanol–water partition coefficient (Wildman–Crippen LogP) is 1.68. The second-order valence-corrected chi connectivity index (χ2v) is 2.49. The SMILES string of the molecule is O=C/C=C/CCCCCCO. The molecule has 0 aliphatic carbocycles. The van der Waals surface area contributed by atoms with Crippen LogP contribution in [0, 0.1) is 0 Å². The Balaban J connectivity index is 2.90. The van der Waals surface area contributed by atoms with Crippen molar-refractivity contribution in [2.24, 2.45) is 0 Å². The minimum atomic E-state index is 0.296. The molecule has 0 unspecified atom stereocenters. The molecule has 0 heterocycles. The molecule has 0 spiro atoms. The normalized spacial score (nSPS) is 10.6. The lowest BCUT2D eigenvalue weighted by atomic mass is 10.1. The van der Waals surface area contributed by atoms with Gasteiger partial charge in [-0.15, -0.1) is 0 Å². The first kappa shape index (κ1) is 10.4. The second kappa shape index (κ2) is 9.37. The summed E-state index contributed by atoms with van der Waals surface area (Å²) in [6.45, 7) is 0.296. The van der Waals surface area contributed by atoms with Crippen LogP contribution in [0.4, 0.5) is 0 Å². The van der Waals surface area contributed by atoms with Crippen molar-refractivity contribution in [1.29, 1.82) is 0 Å². The van der Waals surface area contributed by atoms with Crippen LogP contribution in [-0.4, -0.2) is 18.0 Å². The van der Waals surface area contributed by atoms with Gasteiger partial charge in [-0.2, -0.15) is 0 Å². The number of aldehydes is 1. The van der Waals surface area contributed by atoms with Gasteiger partial charge in [0.25, 0.3) is 0 Å². The van der Waals surface area contributed by atoms with Gasteiger partial charge in [0.1, 0.15) is 6.29 Å². The summed E-state index contributed by atoms with van der Waals surface area (Å²) >= 11 is 0. The number of hydrogen-bond acceptors (Lipinski definition) is 2. The quantitative estimate of drug-likeness (QED) is 0.346. The van der Waals surface area contributed by atoms with Crippen molar-refractivity contribution >= 4 is 6.29 Å². The Morgan fingerprint density at radius 1 is 1.09 bits per heavy atom. The van der Waals surface area contributed by atoms with Crippen LogP contribution in [0.15, 0.2) is 12.2 Å². The smallest absolute Gasteiger partial charge is 0.142 e. The molecule has 0 amide bonds. The van der Waals surface area contributed by atoms with Crippen molar-refractivity contribution in [2.75, 3.05) is 6.61 Å². The van der Waals surface area contributed by atoms with Crippen LogP contribution >= 0.6 is 0 Å². The summed E-state index contributed by atoms with van der Waals surface area (Å²) < 4.78 is 0. The Morgan fingerprint density at radius 2 is 1.82 bits per heavy atom. The molecule has 0 aromatic heterocycles. The fourth-order valence-electron chi connectivity index (χ4n) is 0.879. The van der Waals surface area contributed by atoms with Crippen molar-refractivity contribution in [2.45, 2.75) is 32.1 Å². The van der Waals surface area contributed by atoms with E-state index in [-0.39, 0.29) is 0 Å². The van der Waals surface area contributed by atoms with Crippen molar-refractivity contribution in [3.63, 3.8) is 0 Å². The van der Waals surface area contributed by atoms with E-state index in [0.29, 0.717) is 6.61 Å². The maximum Gasteiger partial charge on any atom is 0.142 e. The van der Waals surface area contributed by atoms with E-state index in [1.807, 2.05) is 6.08 Å². The number of carbonyl (C=O) groups is 1. The Labute approximate surface area is 67.9 Å². The molecule has 2 nitrogen and oxygen atoms in total. The lowest BCUT2D eigenvalue weighted by Crippen LogP contribution is -1.82. The molecule has 0 fully saturated rings. The lowest BCUT2D eigenvalue weighted by Gasteiger charge is -1.94. The zero-order valence-electron chi connectivity index (χ0n) is 6.83. The molecule has 0 bridgehead atoms. The third-order valence-corrected chi connectivity index (χ3v) is 1.49. The molecule has 1 N–H and O–H groups in total. The van der Waals surface area contributed by atoms with Gasteiger partial charge in [-0.05, 0) is 25.3 Å². The first-order valence-electron chi connectivity index (χ1n) is 4.13. The van der Waals surface area contributed by atoms with Crippen molar-refractivity contribution in [1.82, 2.24) is 0 Å². The zero-order chi connectivity index (χ0) is 8.36. The fraction of sp³-hybridized carbons (Fsp3) is 0.667. The van der Waals surface area contributed by atoms with Crippen LogP contribution in [0.25, 0.3) is 0 Å². The topological polar surface area (TPSA) is 37.3 Å². The Morgan fingerprint density at radius 3 is 2.45 bits per heavy atom. The molecule has 0 saturated carbocycles. The van der Waals surface area contributed by atoms with Gasteiger partial charge < -0.3 is 5.11 Å². The molecule has 0 aromatic rings. The van der Waals surface area contributed by atoms with Crippen LogP contribution in [0.2, 0.25) is 0 Å². The van der Waals surface area contributed by atoms with Gasteiger partial charge in [-0.25, -0.2) is 0 Å². The zero-order valence-corrected chi connectivity index (χ0v) is 6.83. The number of rotatable bonds is 7. The van der Waals surface area contributed by atoms with E-state index < -0.39 is 0 Å². The first-order chi connectivity index (χ1) is 5.41. The first-order valence-corrected chi connectivity index (χ1v) is 4.13. The molecule has 0 aliphatic rings. The van der Waals surface area contributed by atoms with Crippen LogP contribution in [0.5, 0.6) is 0 Å². The van der Waals surface area contributed by atoms with Crippen molar-refractivity contribution in [3.05, 3.63) is 12.2 Å².